The van der Waals surface area contributed by atoms with Crippen molar-refractivity contribution in [3.8, 4) is 0 Å². The molecule has 2 aromatic heterocycles. The third-order valence-corrected chi connectivity index (χ3v) is 4.40. The summed E-state index contributed by atoms with van der Waals surface area (Å²) in [4.78, 5) is 23.5. The van der Waals surface area contributed by atoms with Gasteiger partial charge in [0.1, 0.15) is 11.6 Å². The van der Waals surface area contributed by atoms with Crippen molar-refractivity contribution in [1.29, 1.82) is 0 Å². The van der Waals surface area contributed by atoms with Crippen LogP contribution in [0.1, 0.15) is 54.6 Å². The molecule has 0 radical (unpaired) electrons. The van der Waals surface area contributed by atoms with Crippen LogP contribution >= 0.6 is 0 Å². The van der Waals surface area contributed by atoms with Crippen molar-refractivity contribution in [2.75, 3.05) is 6.54 Å². The molecule has 0 N–H and O–H groups in total. The predicted octanol–water partition coefficient (Wildman–Crippen LogP) is 2.34. The van der Waals surface area contributed by atoms with Crippen LogP contribution in [0.25, 0.3) is 11.0 Å². The number of aromatic nitrogens is 5. The minimum Gasteiger partial charge on any atom is -0.337 e. The third kappa shape index (κ3) is 2.95. The molecule has 0 saturated carbocycles. The molecule has 8 heteroatoms. The number of carbonyl (C=O) groups excluding carboxylic acids is 1. The van der Waals surface area contributed by atoms with E-state index in [0.29, 0.717) is 35.7 Å². The van der Waals surface area contributed by atoms with Crippen molar-refractivity contribution >= 4 is 16.9 Å². The fourth-order valence-corrected chi connectivity index (χ4v) is 3.08. The Bertz CT molecular complexity index is 909. The first-order valence-electron chi connectivity index (χ1n) is 8.49. The Morgan fingerprint density at radius 1 is 1.20 bits per heavy atom. The number of piperidine rings is 1. The summed E-state index contributed by atoms with van der Waals surface area (Å²) in [6, 6.07) is 7.13. The quantitative estimate of drug-likeness (QED) is 0.723. The van der Waals surface area contributed by atoms with Gasteiger partial charge in [0.05, 0.1) is 5.52 Å². The topological polar surface area (TPSA) is 97.9 Å². The highest BCUT2D eigenvalue weighted by Gasteiger charge is 2.34. The fraction of sp³-hybridized carbons (Fsp3) is 0.412. The summed E-state index contributed by atoms with van der Waals surface area (Å²) in [6.45, 7) is 2.58. The number of hydrogen-bond donors (Lipinski definition) is 0. The van der Waals surface area contributed by atoms with Crippen LogP contribution in [-0.2, 0) is 6.42 Å². The smallest absolute Gasteiger partial charge is 0.294 e. The molecular weight excluding hydrogens is 320 g/mol. The van der Waals surface area contributed by atoms with Crippen molar-refractivity contribution < 1.29 is 9.32 Å². The highest BCUT2D eigenvalue weighted by Crippen LogP contribution is 2.30. The van der Waals surface area contributed by atoms with Crippen LogP contribution in [0.2, 0.25) is 0 Å². The van der Waals surface area contributed by atoms with Crippen LogP contribution in [0.5, 0.6) is 0 Å². The van der Waals surface area contributed by atoms with Crippen LogP contribution in [-0.4, -0.2) is 42.7 Å². The number of rotatable bonds is 3. The van der Waals surface area contributed by atoms with E-state index in [1.807, 2.05) is 31.2 Å². The second kappa shape index (κ2) is 6.54. The standard InChI is InChI=1S/C17H18N6O2/c1-2-14-19-16(25-22-14)13-9-5-6-10-23(13)17(24)15-18-11-7-3-4-8-12(11)20-21-15/h3-4,7-8,13H,2,5-6,9-10H2,1H3/t13-/m1/s1. The van der Waals surface area contributed by atoms with Crippen LogP contribution in [0.4, 0.5) is 0 Å². The van der Waals surface area contributed by atoms with Crippen molar-refractivity contribution in [3.63, 3.8) is 0 Å². The maximum absolute atomic E-state index is 13.0. The van der Waals surface area contributed by atoms with E-state index in [9.17, 15) is 4.79 Å². The second-order valence-electron chi connectivity index (χ2n) is 6.04. The predicted molar refractivity (Wildman–Crippen MR) is 88.6 cm³/mol. The van der Waals surface area contributed by atoms with Crippen molar-refractivity contribution in [2.24, 2.45) is 0 Å². The van der Waals surface area contributed by atoms with Crippen LogP contribution in [0.15, 0.2) is 28.8 Å². The zero-order valence-corrected chi connectivity index (χ0v) is 13.9. The van der Waals surface area contributed by atoms with Crippen LogP contribution in [0.3, 0.4) is 0 Å². The summed E-state index contributed by atoms with van der Waals surface area (Å²) in [6.07, 6.45) is 3.42. The number of fused-ring (bicyclic) bond motifs is 1. The maximum atomic E-state index is 13.0. The zero-order valence-electron chi connectivity index (χ0n) is 13.9. The number of likely N-dealkylation sites (tertiary alicyclic amines) is 1. The lowest BCUT2D eigenvalue weighted by molar-refractivity contribution is 0.0548. The van der Waals surface area contributed by atoms with E-state index >= 15 is 0 Å². The molecule has 128 valence electrons. The summed E-state index contributed by atoms with van der Waals surface area (Å²) in [7, 11) is 0. The van der Waals surface area contributed by atoms with Gasteiger partial charge in [-0.05, 0) is 31.4 Å². The third-order valence-electron chi connectivity index (χ3n) is 4.40. The lowest BCUT2D eigenvalue weighted by Gasteiger charge is -2.32. The van der Waals surface area contributed by atoms with Gasteiger partial charge in [0.15, 0.2) is 5.82 Å². The Balaban J connectivity index is 1.65. The fourth-order valence-electron chi connectivity index (χ4n) is 3.08. The van der Waals surface area contributed by atoms with E-state index in [2.05, 4.69) is 25.3 Å². The minimum atomic E-state index is -0.251. The Morgan fingerprint density at radius 2 is 2.04 bits per heavy atom. The largest absolute Gasteiger partial charge is 0.337 e. The Hall–Kier alpha value is -2.90. The van der Waals surface area contributed by atoms with E-state index in [1.54, 1.807) is 4.90 Å². The Labute approximate surface area is 144 Å². The zero-order chi connectivity index (χ0) is 17.2. The molecule has 0 bridgehead atoms. The Kier molecular flexibility index (Phi) is 4.09. The molecule has 1 atom stereocenters. The van der Waals surface area contributed by atoms with Gasteiger partial charge in [0, 0.05) is 13.0 Å². The first kappa shape index (κ1) is 15.6. The van der Waals surface area contributed by atoms with E-state index in [0.717, 1.165) is 19.3 Å². The molecule has 0 aliphatic carbocycles. The summed E-state index contributed by atoms with van der Waals surface area (Å²) in [5.74, 6) is 0.982. The molecule has 1 aromatic carbocycles. The van der Waals surface area contributed by atoms with Gasteiger partial charge in [0.2, 0.25) is 11.7 Å². The average Bonchev–Trinajstić information content (AvgIpc) is 3.16. The normalized spacial score (nSPS) is 17.8. The highest BCUT2D eigenvalue weighted by atomic mass is 16.5. The molecule has 1 saturated heterocycles. The molecule has 1 amide bonds. The second-order valence-corrected chi connectivity index (χ2v) is 6.04. The number of nitrogens with zero attached hydrogens (tertiary/aromatic N) is 6. The molecule has 0 unspecified atom stereocenters. The molecule has 4 rings (SSSR count). The van der Waals surface area contributed by atoms with E-state index in [-0.39, 0.29) is 17.8 Å². The number of hydrogen-bond acceptors (Lipinski definition) is 7. The van der Waals surface area contributed by atoms with Gasteiger partial charge in [-0.3, -0.25) is 4.79 Å². The lowest BCUT2D eigenvalue weighted by Crippen LogP contribution is -2.39. The van der Waals surface area contributed by atoms with Crippen molar-refractivity contribution in [1.82, 2.24) is 30.2 Å². The average molecular weight is 338 g/mol. The molecule has 1 aliphatic heterocycles. The van der Waals surface area contributed by atoms with E-state index in [4.69, 9.17) is 4.52 Å². The number of benzene rings is 1. The van der Waals surface area contributed by atoms with Crippen molar-refractivity contribution in [3.05, 3.63) is 41.8 Å². The Morgan fingerprint density at radius 3 is 2.84 bits per heavy atom. The number of aryl methyl sites for hydroxylation is 1. The van der Waals surface area contributed by atoms with Gasteiger partial charge < -0.3 is 9.42 Å². The number of para-hydroxylation sites is 1. The molecule has 0 spiro atoms. The molecule has 3 heterocycles. The SMILES string of the molecule is CCc1noc([C@H]2CCCCN2C(=O)c2nnc3ccccc3n2)n1. The van der Waals surface area contributed by atoms with E-state index in [1.165, 1.54) is 0 Å². The molecule has 25 heavy (non-hydrogen) atoms. The van der Waals surface area contributed by atoms with Gasteiger partial charge in [0.25, 0.3) is 5.91 Å². The van der Waals surface area contributed by atoms with Crippen LogP contribution < -0.4 is 0 Å². The first-order chi connectivity index (χ1) is 12.3. The van der Waals surface area contributed by atoms with Gasteiger partial charge in [-0.15, -0.1) is 10.2 Å². The monoisotopic (exact) mass is 338 g/mol. The first-order valence-corrected chi connectivity index (χ1v) is 8.49. The maximum Gasteiger partial charge on any atom is 0.294 e. The number of amides is 1. The lowest BCUT2D eigenvalue weighted by atomic mass is 10.0. The summed E-state index contributed by atoms with van der Waals surface area (Å²) >= 11 is 0. The van der Waals surface area contributed by atoms with Gasteiger partial charge in [-0.1, -0.05) is 24.2 Å². The van der Waals surface area contributed by atoms with E-state index < -0.39 is 0 Å². The number of carbonyl (C=O) groups is 1. The van der Waals surface area contributed by atoms with Crippen LogP contribution in [0, 0.1) is 0 Å². The molecule has 1 fully saturated rings. The van der Waals surface area contributed by atoms with Gasteiger partial charge in [-0.2, -0.15) is 4.98 Å². The van der Waals surface area contributed by atoms with Gasteiger partial charge in [-0.25, -0.2) is 4.98 Å². The molecule has 8 nitrogen and oxygen atoms in total. The summed E-state index contributed by atoms with van der Waals surface area (Å²) in [5, 5.41) is 12.1. The molecule has 1 aliphatic rings. The van der Waals surface area contributed by atoms with Gasteiger partial charge >= 0.3 is 0 Å². The minimum absolute atomic E-state index is 0.0980. The van der Waals surface area contributed by atoms with Crippen molar-refractivity contribution in [2.45, 2.75) is 38.6 Å². The summed E-state index contributed by atoms with van der Waals surface area (Å²) < 4.78 is 5.37. The highest BCUT2D eigenvalue weighted by molar-refractivity contribution is 5.92. The molecular formula is C17H18N6O2. The molecule has 3 aromatic rings. The summed E-state index contributed by atoms with van der Waals surface area (Å²) in [5.41, 5.74) is 1.32.